The van der Waals surface area contributed by atoms with Crippen molar-refractivity contribution in [3.63, 3.8) is 0 Å². The summed E-state index contributed by atoms with van der Waals surface area (Å²) >= 11 is 0. The van der Waals surface area contributed by atoms with Crippen LogP contribution in [0.1, 0.15) is 13.3 Å². The van der Waals surface area contributed by atoms with E-state index in [1.807, 2.05) is 6.92 Å². The second-order valence-electron chi connectivity index (χ2n) is 4.97. The monoisotopic (exact) mass is 348 g/mol. The zero-order chi connectivity index (χ0) is 17.4. The van der Waals surface area contributed by atoms with Crippen LogP contribution in [0.5, 0.6) is 5.75 Å². The Morgan fingerprint density at radius 2 is 1.71 bits per heavy atom. The van der Waals surface area contributed by atoms with Gasteiger partial charge in [0.15, 0.2) is 0 Å². The lowest BCUT2D eigenvalue weighted by atomic mass is 10.3. The molecule has 0 spiro atoms. The van der Waals surface area contributed by atoms with Crippen LogP contribution in [-0.2, 0) is 14.8 Å². The number of carbonyl (C=O) groups is 1. The van der Waals surface area contributed by atoms with Gasteiger partial charge in [0.05, 0.1) is 11.5 Å². The number of carbonyl (C=O) groups excluding carboxylic acids is 1. The van der Waals surface area contributed by atoms with Crippen molar-refractivity contribution in [2.75, 3.05) is 18.5 Å². The van der Waals surface area contributed by atoms with E-state index in [0.717, 1.165) is 5.75 Å². The number of hydrogen-bond acceptors (Lipinski definition) is 4. The van der Waals surface area contributed by atoms with E-state index in [1.54, 1.807) is 42.5 Å². The highest BCUT2D eigenvalue weighted by Crippen LogP contribution is 2.15. The number of hydrogen-bond donors (Lipinski definition) is 2. The van der Waals surface area contributed by atoms with Crippen molar-refractivity contribution in [3.05, 3.63) is 54.6 Å². The Bertz CT molecular complexity index is 759. The molecule has 0 radical (unpaired) electrons. The van der Waals surface area contributed by atoms with Crippen molar-refractivity contribution in [3.8, 4) is 5.75 Å². The summed E-state index contributed by atoms with van der Waals surface area (Å²) in [6.45, 7) is 2.50. The van der Waals surface area contributed by atoms with Crippen LogP contribution in [0, 0.1) is 0 Å². The van der Waals surface area contributed by atoms with Gasteiger partial charge in [-0.15, -0.1) is 0 Å². The van der Waals surface area contributed by atoms with Crippen molar-refractivity contribution in [1.82, 2.24) is 4.72 Å². The van der Waals surface area contributed by atoms with Gasteiger partial charge in [-0.1, -0.05) is 18.2 Å². The Morgan fingerprint density at radius 1 is 1.04 bits per heavy atom. The summed E-state index contributed by atoms with van der Waals surface area (Å²) in [5.74, 6) is 0.459. The lowest BCUT2D eigenvalue weighted by Gasteiger charge is -2.08. The Morgan fingerprint density at radius 3 is 2.33 bits per heavy atom. The Hall–Kier alpha value is -2.38. The topological polar surface area (TPSA) is 84.5 Å². The van der Waals surface area contributed by atoms with Crippen LogP contribution in [0.3, 0.4) is 0 Å². The second kappa shape index (κ2) is 8.47. The smallest absolute Gasteiger partial charge is 0.240 e. The molecule has 1 amide bonds. The molecular formula is C17H20N2O4S. The summed E-state index contributed by atoms with van der Waals surface area (Å²) < 4.78 is 31.8. The number of sulfonamides is 1. The van der Waals surface area contributed by atoms with Crippen molar-refractivity contribution in [1.29, 1.82) is 0 Å². The van der Waals surface area contributed by atoms with Gasteiger partial charge in [0.2, 0.25) is 15.9 Å². The van der Waals surface area contributed by atoms with Crippen LogP contribution in [-0.4, -0.2) is 27.5 Å². The van der Waals surface area contributed by atoms with Crippen molar-refractivity contribution in [2.45, 2.75) is 18.2 Å². The molecule has 0 atom stereocenters. The Kier molecular flexibility index (Phi) is 6.34. The van der Waals surface area contributed by atoms with E-state index in [2.05, 4.69) is 10.0 Å². The fraction of sp³-hybridized carbons (Fsp3) is 0.235. The molecule has 0 unspecified atom stereocenters. The van der Waals surface area contributed by atoms with Gasteiger partial charge in [-0.25, -0.2) is 13.1 Å². The molecule has 2 N–H and O–H groups in total. The van der Waals surface area contributed by atoms with Crippen LogP contribution < -0.4 is 14.8 Å². The van der Waals surface area contributed by atoms with Crippen LogP contribution in [0.15, 0.2) is 59.5 Å². The maximum Gasteiger partial charge on any atom is 0.240 e. The Balaban J connectivity index is 1.81. The second-order valence-corrected chi connectivity index (χ2v) is 6.73. The average molecular weight is 348 g/mol. The van der Waals surface area contributed by atoms with E-state index in [9.17, 15) is 13.2 Å². The van der Waals surface area contributed by atoms with Gasteiger partial charge in [0.25, 0.3) is 0 Å². The average Bonchev–Trinajstić information content (AvgIpc) is 2.57. The molecule has 0 heterocycles. The first-order valence-electron chi connectivity index (χ1n) is 7.58. The highest BCUT2D eigenvalue weighted by molar-refractivity contribution is 7.89. The predicted molar refractivity (Wildman–Crippen MR) is 92.5 cm³/mol. The zero-order valence-electron chi connectivity index (χ0n) is 13.4. The van der Waals surface area contributed by atoms with Crippen LogP contribution in [0.25, 0.3) is 0 Å². The number of nitrogens with one attached hydrogen (secondary N) is 2. The molecule has 0 bridgehead atoms. The number of amides is 1. The first-order valence-corrected chi connectivity index (χ1v) is 9.07. The SMILES string of the molecule is CCOc1ccc(NC(=O)CCNS(=O)(=O)c2ccccc2)cc1. The van der Waals surface area contributed by atoms with Gasteiger partial charge >= 0.3 is 0 Å². The highest BCUT2D eigenvalue weighted by Gasteiger charge is 2.13. The van der Waals surface area contributed by atoms with Gasteiger partial charge in [-0.3, -0.25) is 4.79 Å². The maximum absolute atomic E-state index is 12.0. The molecule has 0 aliphatic rings. The fourth-order valence-corrected chi connectivity index (χ4v) is 3.06. The standard InChI is InChI=1S/C17H20N2O4S/c1-2-23-15-10-8-14(9-11-15)19-17(20)12-13-18-24(21,22)16-6-4-3-5-7-16/h3-11,18H,2,12-13H2,1H3,(H,19,20). The van der Waals surface area contributed by atoms with Crippen LogP contribution >= 0.6 is 0 Å². The van der Waals surface area contributed by atoms with E-state index in [-0.39, 0.29) is 23.8 Å². The summed E-state index contributed by atoms with van der Waals surface area (Å²) in [4.78, 5) is 12.0. The van der Waals surface area contributed by atoms with Crippen molar-refractivity contribution >= 4 is 21.6 Å². The molecule has 7 heteroatoms. The minimum absolute atomic E-state index is 0.0279. The number of ether oxygens (including phenoxy) is 1. The normalized spacial score (nSPS) is 11.0. The van der Waals surface area contributed by atoms with Crippen LogP contribution in [0.2, 0.25) is 0 Å². The molecule has 0 fully saturated rings. The van der Waals surface area contributed by atoms with Crippen LogP contribution in [0.4, 0.5) is 5.69 Å². The number of anilines is 1. The first kappa shape index (κ1) is 18.0. The molecule has 0 aromatic heterocycles. The highest BCUT2D eigenvalue weighted by atomic mass is 32.2. The number of rotatable bonds is 8. The zero-order valence-corrected chi connectivity index (χ0v) is 14.2. The first-order chi connectivity index (χ1) is 11.5. The molecule has 128 valence electrons. The molecule has 2 aromatic rings. The summed E-state index contributed by atoms with van der Waals surface area (Å²) in [5.41, 5.74) is 0.634. The predicted octanol–water partition coefficient (Wildman–Crippen LogP) is 2.39. The quantitative estimate of drug-likeness (QED) is 0.767. The third-order valence-electron chi connectivity index (χ3n) is 3.15. The molecule has 6 nitrogen and oxygen atoms in total. The molecular weight excluding hydrogens is 328 g/mol. The van der Waals surface area contributed by atoms with E-state index in [1.165, 1.54) is 12.1 Å². The van der Waals surface area contributed by atoms with E-state index >= 15 is 0 Å². The minimum Gasteiger partial charge on any atom is -0.494 e. The summed E-state index contributed by atoms with van der Waals surface area (Å²) in [6.07, 6.45) is 0.0409. The molecule has 0 saturated carbocycles. The minimum atomic E-state index is -3.59. The van der Waals surface area contributed by atoms with E-state index in [4.69, 9.17) is 4.74 Å². The molecule has 2 aromatic carbocycles. The third-order valence-corrected chi connectivity index (χ3v) is 4.62. The van der Waals surface area contributed by atoms with Gasteiger partial charge in [-0.2, -0.15) is 0 Å². The third kappa shape index (κ3) is 5.36. The molecule has 0 saturated heterocycles. The van der Waals surface area contributed by atoms with E-state index < -0.39 is 10.0 Å². The molecule has 2 rings (SSSR count). The van der Waals surface area contributed by atoms with Gasteiger partial charge in [-0.05, 0) is 43.3 Å². The fourth-order valence-electron chi connectivity index (χ4n) is 2.01. The lowest BCUT2D eigenvalue weighted by molar-refractivity contribution is -0.116. The lowest BCUT2D eigenvalue weighted by Crippen LogP contribution is -2.27. The summed E-state index contributed by atoms with van der Waals surface area (Å²) in [7, 11) is -3.59. The van der Waals surface area contributed by atoms with Crippen molar-refractivity contribution < 1.29 is 17.9 Å². The molecule has 0 aliphatic heterocycles. The van der Waals surface area contributed by atoms with E-state index in [0.29, 0.717) is 12.3 Å². The Labute approximate surface area is 141 Å². The molecule has 24 heavy (non-hydrogen) atoms. The van der Waals surface area contributed by atoms with Crippen molar-refractivity contribution in [2.24, 2.45) is 0 Å². The number of benzene rings is 2. The van der Waals surface area contributed by atoms with Gasteiger partial charge in [0.1, 0.15) is 5.75 Å². The summed E-state index contributed by atoms with van der Waals surface area (Å²) in [6, 6.07) is 15.0. The van der Waals surface area contributed by atoms with Gasteiger partial charge in [0, 0.05) is 18.7 Å². The van der Waals surface area contributed by atoms with Gasteiger partial charge < -0.3 is 10.1 Å². The maximum atomic E-state index is 12.0. The summed E-state index contributed by atoms with van der Waals surface area (Å²) in [5, 5.41) is 2.71. The largest absolute Gasteiger partial charge is 0.494 e. The molecule has 0 aliphatic carbocycles.